The molecule has 2 aromatic carbocycles. The second-order valence-corrected chi connectivity index (χ2v) is 6.89. The molecule has 0 atom stereocenters. The summed E-state index contributed by atoms with van der Waals surface area (Å²) in [5.74, 6) is -2.68. The number of halogens is 3. The standard InChI is InChI=1S/C20H18F3N3O2/c1-11(2)6-17-24-16-5-3-4-15(23)19(16)20(28)26(17)25-18(27)9-12-7-13(21)10-14(22)8-12/h3-5,7-8,10-11H,6,9H2,1-2H3,(H,25,27). The molecule has 0 aliphatic carbocycles. The molecule has 1 aromatic heterocycles. The zero-order valence-corrected chi connectivity index (χ0v) is 15.3. The quantitative estimate of drug-likeness (QED) is 0.728. The van der Waals surface area contributed by atoms with Crippen molar-refractivity contribution in [2.24, 2.45) is 5.92 Å². The van der Waals surface area contributed by atoms with Crippen LogP contribution in [0.5, 0.6) is 0 Å². The number of nitrogens with zero attached hydrogens (tertiary/aromatic N) is 2. The minimum Gasteiger partial charge on any atom is -0.273 e. The van der Waals surface area contributed by atoms with E-state index in [1.54, 1.807) is 0 Å². The van der Waals surface area contributed by atoms with Crippen LogP contribution < -0.4 is 11.0 Å². The molecule has 0 spiro atoms. The number of fused-ring (bicyclic) bond motifs is 1. The van der Waals surface area contributed by atoms with Crippen LogP contribution >= 0.6 is 0 Å². The van der Waals surface area contributed by atoms with Crippen molar-refractivity contribution in [2.45, 2.75) is 26.7 Å². The van der Waals surface area contributed by atoms with E-state index < -0.39 is 28.9 Å². The Balaban J connectivity index is 2.00. The topological polar surface area (TPSA) is 64.0 Å². The zero-order chi connectivity index (χ0) is 20.4. The molecule has 0 aliphatic rings. The van der Waals surface area contributed by atoms with Gasteiger partial charge in [0.25, 0.3) is 5.56 Å². The van der Waals surface area contributed by atoms with Gasteiger partial charge in [-0.05, 0) is 35.7 Å². The van der Waals surface area contributed by atoms with Gasteiger partial charge in [0.1, 0.15) is 28.7 Å². The summed E-state index contributed by atoms with van der Waals surface area (Å²) in [4.78, 5) is 29.5. The first-order valence-corrected chi connectivity index (χ1v) is 8.69. The molecule has 3 aromatic rings. The summed E-state index contributed by atoms with van der Waals surface area (Å²) in [7, 11) is 0. The average molecular weight is 389 g/mol. The number of nitrogens with one attached hydrogen (secondary N) is 1. The summed E-state index contributed by atoms with van der Waals surface area (Å²) in [6.07, 6.45) is -0.00584. The molecule has 0 radical (unpaired) electrons. The van der Waals surface area contributed by atoms with Crippen molar-refractivity contribution in [1.82, 2.24) is 9.66 Å². The first kappa shape index (κ1) is 19.6. The molecule has 28 heavy (non-hydrogen) atoms. The van der Waals surface area contributed by atoms with Gasteiger partial charge in [-0.1, -0.05) is 19.9 Å². The van der Waals surface area contributed by atoms with Gasteiger partial charge >= 0.3 is 0 Å². The van der Waals surface area contributed by atoms with Crippen LogP contribution in [0.1, 0.15) is 25.2 Å². The Morgan fingerprint density at radius 3 is 2.46 bits per heavy atom. The second kappa shape index (κ2) is 7.84. The maximum atomic E-state index is 14.1. The molecule has 146 valence electrons. The SMILES string of the molecule is CC(C)Cc1nc2cccc(F)c2c(=O)n1NC(=O)Cc1cc(F)cc(F)c1. The second-order valence-electron chi connectivity index (χ2n) is 6.89. The summed E-state index contributed by atoms with van der Waals surface area (Å²) < 4.78 is 41.7. The van der Waals surface area contributed by atoms with Gasteiger partial charge in [0.2, 0.25) is 5.91 Å². The van der Waals surface area contributed by atoms with E-state index >= 15 is 0 Å². The van der Waals surface area contributed by atoms with Crippen LogP contribution in [0.4, 0.5) is 13.2 Å². The Morgan fingerprint density at radius 2 is 1.82 bits per heavy atom. The predicted octanol–water partition coefficient (Wildman–Crippen LogP) is 3.33. The molecule has 0 fully saturated rings. The predicted molar refractivity (Wildman–Crippen MR) is 98.9 cm³/mol. The fourth-order valence-corrected chi connectivity index (χ4v) is 2.92. The summed E-state index contributed by atoms with van der Waals surface area (Å²) in [6.45, 7) is 3.81. The van der Waals surface area contributed by atoms with Gasteiger partial charge in [0, 0.05) is 12.5 Å². The third kappa shape index (κ3) is 4.21. The molecule has 1 heterocycles. The fourth-order valence-electron chi connectivity index (χ4n) is 2.92. The molecular weight excluding hydrogens is 371 g/mol. The molecule has 8 heteroatoms. The van der Waals surface area contributed by atoms with Crippen LogP contribution in [-0.2, 0) is 17.6 Å². The Kier molecular flexibility index (Phi) is 5.48. The largest absolute Gasteiger partial charge is 0.283 e. The van der Waals surface area contributed by atoms with E-state index in [1.165, 1.54) is 12.1 Å². The van der Waals surface area contributed by atoms with Crippen molar-refractivity contribution in [3.8, 4) is 0 Å². The van der Waals surface area contributed by atoms with Gasteiger partial charge in [0.05, 0.1) is 11.9 Å². The molecule has 1 amide bonds. The highest BCUT2D eigenvalue weighted by Gasteiger charge is 2.17. The third-order valence-electron chi connectivity index (χ3n) is 4.03. The molecule has 5 nitrogen and oxygen atoms in total. The Bertz CT molecular complexity index is 1090. The maximum absolute atomic E-state index is 14.1. The van der Waals surface area contributed by atoms with Gasteiger partial charge in [0.15, 0.2) is 0 Å². The smallest absolute Gasteiger partial charge is 0.273 e. The van der Waals surface area contributed by atoms with Crippen molar-refractivity contribution in [3.05, 3.63) is 75.6 Å². The minimum absolute atomic E-state index is 0.105. The molecule has 0 unspecified atom stereocenters. The summed E-state index contributed by atoms with van der Waals surface area (Å²) in [5, 5.41) is -0.243. The van der Waals surface area contributed by atoms with Crippen molar-refractivity contribution >= 4 is 16.8 Å². The van der Waals surface area contributed by atoms with E-state index in [4.69, 9.17) is 0 Å². The van der Waals surface area contributed by atoms with E-state index in [2.05, 4.69) is 10.4 Å². The van der Waals surface area contributed by atoms with Crippen LogP contribution in [0.2, 0.25) is 0 Å². The highest BCUT2D eigenvalue weighted by Crippen LogP contribution is 2.14. The van der Waals surface area contributed by atoms with Gasteiger partial charge in [-0.3, -0.25) is 15.0 Å². The van der Waals surface area contributed by atoms with Gasteiger partial charge in [-0.15, -0.1) is 0 Å². The first-order valence-electron chi connectivity index (χ1n) is 8.69. The van der Waals surface area contributed by atoms with Crippen molar-refractivity contribution < 1.29 is 18.0 Å². The summed E-state index contributed by atoms with van der Waals surface area (Å²) in [6, 6.07) is 6.85. The average Bonchev–Trinajstić information content (AvgIpc) is 2.56. The summed E-state index contributed by atoms with van der Waals surface area (Å²) >= 11 is 0. The van der Waals surface area contributed by atoms with Crippen molar-refractivity contribution in [2.75, 3.05) is 5.43 Å². The monoisotopic (exact) mass is 389 g/mol. The van der Waals surface area contributed by atoms with E-state index in [1.807, 2.05) is 13.8 Å². The highest BCUT2D eigenvalue weighted by atomic mass is 19.1. The van der Waals surface area contributed by atoms with Gasteiger partial charge < -0.3 is 0 Å². The number of aromatic nitrogens is 2. The number of amides is 1. The van der Waals surface area contributed by atoms with E-state index in [0.29, 0.717) is 12.5 Å². The lowest BCUT2D eigenvalue weighted by Crippen LogP contribution is -2.37. The first-order chi connectivity index (χ1) is 13.2. The summed E-state index contributed by atoms with van der Waals surface area (Å²) in [5.41, 5.74) is 1.93. The van der Waals surface area contributed by atoms with Crippen LogP contribution in [0, 0.1) is 23.4 Å². The maximum Gasteiger partial charge on any atom is 0.283 e. The zero-order valence-electron chi connectivity index (χ0n) is 15.3. The number of rotatable bonds is 5. The molecular formula is C20H18F3N3O2. The van der Waals surface area contributed by atoms with Crippen LogP contribution in [0.25, 0.3) is 10.9 Å². The Hall–Kier alpha value is -3.16. The molecule has 1 N–H and O–H groups in total. The Labute approximate surface area is 158 Å². The molecule has 3 rings (SSSR count). The molecule has 0 saturated heterocycles. The van der Waals surface area contributed by atoms with Crippen molar-refractivity contribution in [1.29, 1.82) is 0 Å². The lowest BCUT2D eigenvalue weighted by atomic mass is 10.1. The lowest BCUT2D eigenvalue weighted by Gasteiger charge is -2.16. The van der Waals surface area contributed by atoms with Crippen LogP contribution in [0.3, 0.4) is 0 Å². The normalized spacial score (nSPS) is 11.2. The van der Waals surface area contributed by atoms with Crippen molar-refractivity contribution in [3.63, 3.8) is 0 Å². The van der Waals surface area contributed by atoms with Gasteiger partial charge in [-0.2, -0.15) is 0 Å². The number of hydrogen-bond acceptors (Lipinski definition) is 3. The molecule has 0 saturated carbocycles. The fraction of sp³-hybridized carbons (Fsp3) is 0.250. The number of carbonyl (C=O) groups excluding carboxylic acids is 1. The molecule has 0 aliphatic heterocycles. The molecule has 0 bridgehead atoms. The number of benzene rings is 2. The number of hydrogen-bond donors (Lipinski definition) is 1. The van der Waals surface area contributed by atoms with E-state index in [0.717, 1.165) is 22.9 Å². The minimum atomic E-state index is -0.810. The Morgan fingerprint density at radius 1 is 1.14 bits per heavy atom. The van der Waals surface area contributed by atoms with Crippen LogP contribution in [0.15, 0.2) is 41.2 Å². The highest BCUT2D eigenvalue weighted by molar-refractivity contribution is 5.86. The lowest BCUT2D eigenvalue weighted by molar-refractivity contribution is -0.116. The van der Waals surface area contributed by atoms with Gasteiger partial charge in [-0.25, -0.2) is 22.8 Å². The third-order valence-corrected chi connectivity index (χ3v) is 4.03. The number of carbonyl (C=O) groups is 1. The van der Waals surface area contributed by atoms with E-state index in [9.17, 15) is 22.8 Å². The van der Waals surface area contributed by atoms with E-state index in [-0.39, 0.29) is 34.6 Å². The van der Waals surface area contributed by atoms with Crippen LogP contribution in [-0.4, -0.2) is 15.6 Å².